The lowest BCUT2D eigenvalue weighted by Gasteiger charge is -2.02. The number of imide groups is 1. The first-order valence-electron chi connectivity index (χ1n) is 4.93. The molecule has 84 valence electrons. The van der Waals surface area contributed by atoms with Gasteiger partial charge in [-0.25, -0.2) is 4.79 Å². The van der Waals surface area contributed by atoms with Crippen molar-refractivity contribution in [3.63, 3.8) is 0 Å². The fourth-order valence-corrected chi connectivity index (χ4v) is 1.83. The fraction of sp³-hybridized carbons (Fsp3) is 0. The zero-order valence-corrected chi connectivity index (χ0v) is 8.56. The number of imidazole rings is 1. The predicted octanol–water partition coefficient (Wildman–Crippen LogP) is 0.0492. The van der Waals surface area contributed by atoms with E-state index in [2.05, 4.69) is 10.3 Å². The topological polar surface area (TPSA) is 84.0 Å². The van der Waals surface area contributed by atoms with E-state index in [0.717, 1.165) is 0 Å². The van der Waals surface area contributed by atoms with Gasteiger partial charge < -0.3 is 4.98 Å². The highest BCUT2D eigenvalue weighted by atomic mass is 16.2. The van der Waals surface area contributed by atoms with Crippen LogP contribution >= 0.6 is 0 Å². The third-order valence-corrected chi connectivity index (χ3v) is 2.65. The van der Waals surface area contributed by atoms with E-state index in [1.54, 1.807) is 12.3 Å². The maximum Gasteiger partial charge on any atom is 0.330 e. The van der Waals surface area contributed by atoms with Crippen LogP contribution in [0.3, 0.4) is 0 Å². The van der Waals surface area contributed by atoms with Crippen molar-refractivity contribution in [1.82, 2.24) is 14.9 Å². The van der Waals surface area contributed by atoms with Crippen LogP contribution in [0.4, 0.5) is 0 Å². The number of fused-ring (bicyclic) bond motifs is 1. The molecule has 0 atom stereocenters. The van der Waals surface area contributed by atoms with E-state index >= 15 is 0 Å². The number of carbonyl (C=O) groups is 2. The number of aromatic nitrogens is 2. The van der Waals surface area contributed by atoms with E-state index in [4.69, 9.17) is 0 Å². The summed E-state index contributed by atoms with van der Waals surface area (Å²) in [5.41, 5.74) is 0.873. The molecular formula is C11H7N3O3. The monoisotopic (exact) mass is 229 g/mol. The molecule has 0 fully saturated rings. The Kier molecular flexibility index (Phi) is 1.79. The largest absolute Gasteiger partial charge is 0.330 e. The second kappa shape index (κ2) is 3.18. The van der Waals surface area contributed by atoms with Crippen molar-refractivity contribution in [1.29, 1.82) is 0 Å². The highest BCUT2D eigenvalue weighted by Gasteiger charge is 2.26. The number of benzene rings is 1. The first-order valence-corrected chi connectivity index (χ1v) is 4.93. The third kappa shape index (κ3) is 1.31. The van der Waals surface area contributed by atoms with E-state index in [0.29, 0.717) is 16.8 Å². The van der Waals surface area contributed by atoms with Crippen molar-refractivity contribution in [3.05, 3.63) is 52.2 Å². The lowest BCUT2D eigenvalue weighted by atomic mass is 10.1. The molecule has 1 aromatic carbocycles. The molecule has 2 N–H and O–H groups in total. The highest BCUT2D eigenvalue weighted by Crippen LogP contribution is 2.18. The first kappa shape index (κ1) is 9.59. The van der Waals surface area contributed by atoms with Gasteiger partial charge >= 0.3 is 5.69 Å². The number of nitrogens with one attached hydrogen (secondary N) is 2. The molecule has 6 heteroatoms. The minimum absolute atomic E-state index is 0.292. The molecule has 1 aliphatic heterocycles. The molecular weight excluding hydrogens is 222 g/mol. The molecule has 0 unspecified atom stereocenters. The molecule has 0 radical (unpaired) electrons. The molecule has 0 spiro atoms. The van der Waals surface area contributed by atoms with Crippen molar-refractivity contribution in [2.75, 3.05) is 0 Å². The van der Waals surface area contributed by atoms with Gasteiger partial charge in [-0.15, -0.1) is 0 Å². The SMILES string of the molecule is O=C1NC(=O)c2cc(-n3cc[nH]c3=O)ccc21. The number of carbonyl (C=O) groups excluding carboxylic acids is 2. The van der Waals surface area contributed by atoms with E-state index in [1.807, 2.05) is 0 Å². The zero-order valence-electron chi connectivity index (χ0n) is 8.56. The lowest BCUT2D eigenvalue weighted by Crippen LogP contribution is -2.19. The molecule has 2 aromatic rings. The predicted molar refractivity (Wildman–Crippen MR) is 58.2 cm³/mol. The van der Waals surface area contributed by atoms with E-state index < -0.39 is 11.8 Å². The second-order valence-electron chi connectivity index (χ2n) is 3.65. The summed E-state index contributed by atoms with van der Waals surface area (Å²) in [6.07, 6.45) is 3.06. The number of nitrogens with zero attached hydrogens (tertiary/aromatic N) is 1. The summed E-state index contributed by atoms with van der Waals surface area (Å²) in [7, 11) is 0. The van der Waals surface area contributed by atoms with Gasteiger partial charge in [-0.2, -0.15) is 0 Å². The van der Waals surface area contributed by atoms with Gasteiger partial charge in [0.25, 0.3) is 11.8 Å². The van der Waals surface area contributed by atoms with Crippen molar-refractivity contribution in [3.8, 4) is 5.69 Å². The van der Waals surface area contributed by atoms with Crippen LogP contribution in [0.15, 0.2) is 35.4 Å². The average molecular weight is 229 g/mol. The van der Waals surface area contributed by atoms with Crippen LogP contribution in [0.2, 0.25) is 0 Å². The average Bonchev–Trinajstić information content (AvgIpc) is 2.84. The van der Waals surface area contributed by atoms with Crippen LogP contribution < -0.4 is 11.0 Å². The Balaban J connectivity index is 2.21. The number of hydrogen-bond acceptors (Lipinski definition) is 3. The third-order valence-electron chi connectivity index (χ3n) is 2.65. The summed E-state index contributed by atoms with van der Waals surface area (Å²) in [6.45, 7) is 0. The lowest BCUT2D eigenvalue weighted by molar-refractivity contribution is 0.0879. The van der Waals surface area contributed by atoms with Crippen LogP contribution in [-0.2, 0) is 0 Å². The Bertz CT molecular complexity index is 696. The Morgan fingerprint density at radius 2 is 1.76 bits per heavy atom. The molecule has 0 aliphatic carbocycles. The van der Waals surface area contributed by atoms with E-state index in [-0.39, 0.29) is 5.69 Å². The van der Waals surface area contributed by atoms with Crippen LogP contribution in [-0.4, -0.2) is 21.4 Å². The highest BCUT2D eigenvalue weighted by molar-refractivity contribution is 6.21. The molecule has 6 nitrogen and oxygen atoms in total. The van der Waals surface area contributed by atoms with Gasteiger partial charge in [-0.05, 0) is 18.2 Å². The van der Waals surface area contributed by atoms with Crippen LogP contribution in [0.5, 0.6) is 0 Å². The van der Waals surface area contributed by atoms with Gasteiger partial charge in [-0.3, -0.25) is 19.5 Å². The van der Waals surface area contributed by atoms with Gasteiger partial charge in [0.1, 0.15) is 0 Å². The summed E-state index contributed by atoms with van der Waals surface area (Å²) < 4.78 is 1.36. The maximum atomic E-state index is 11.5. The Morgan fingerprint density at radius 1 is 1.00 bits per heavy atom. The zero-order chi connectivity index (χ0) is 12.0. The molecule has 0 saturated heterocycles. The van der Waals surface area contributed by atoms with Gasteiger partial charge in [0.15, 0.2) is 0 Å². The first-order chi connectivity index (χ1) is 8.16. The van der Waals surface area contributed by atoms with Crippen LogP contribution in [0.1, 0.15) is 20.7 Å². The molecule has 17 heavy (non-hydrogen) atoms. The summed E-state index contributed by atoms with van der Waals surface area (Å²) in [4.78, 5) is 36.7. The van der Waals surface area contributed by atoms with Gasteiger partial charge in [0.05, 0.1) is 16.8 Å². The Labute approximate surface area is 94.9 Å². The molecule has 1 aliphatic rings. The standard InChI is InChI=1S/C11H7N3O3/c15-9-7-2-1-6(5-8(7)10(16)13-9)14-4-3-12-11(14)17/h1-5H,(H,12,17)(H,13,15,16). The number of amides is 2. The smallest absolute Gasteiger partial charge is 0.312 e. The van der Waals surface area contributed by atoms with Crippen LogP contribution in [0, 0.1) is 0 Å². The maximum absolute atomic E-state index is 11.5. The number of rotatable bonds is 1. The molecule has 0 saturated carbocycles. The van der Waals surface area contributed by atoms with Crippen molar-refractivity contribution in [2.24, 2.45) is 0 Å². The summed E-state index contributed by atoms with van der Waals surface area (Å²) in [5.74, 6) is -0.839. The second-order valence-corrected chi connectivity index (χ2v) is 3.65. The number of aromatic amines is 1. The molecule has 2 amide bonds. The number of hydrogen-bond donors (Lipinski definition) is 2. The molecule has 2 heterocycles. The van der Waals surface area contributed by atoms with Crippen molar-refractivity contribution in [2.45, 2.75) is 0 Å². The summed E-state index contributed by atoms with van der Waals surface area (Å²) in [5, 5.41) is 2.20. The quantitative estimate of drug-likeness (QED) is 0.677. The normalized spacial score (nSPS) is 13.6. The molecule has 3 rings (SSSR count). The van der Waals surface area contributed by atoms with Crippen LogP contribution in [0.25, 0.3) is 5.69 Å². The Hall–Kier alpha value is -2.63. The van der Waals surface area contributed by atoms with Gasteiger partial charge in [-0.1, -0.05) is 0 Å². The van der Waals surface area contributed by atoms with E-state index in [1.165, 1.54) is 22.9 Å². The minimum atomic E-state index is -0.435. The van der Waals surface area contributed by atoms with Crippen molar-refractivity contribution >= 4 is 11.8 Å². The fourth-order valence-electron chi connectivity index (χ4n) is 1.83. The van der Waals surface area contributed by atoms with Gasteiger partial charge in [0, 0.05) is 12.4 Å². The van der Waals surface area contributed by atoms with Crippen molar-refractivity contribution < 1.29 is 9.59 Å². The van der Waals surface area contributed by atoms with Gasteiger partial charge in [0.2, 0.25) is 0 Å². The molecule has 0 bridgehead atoms. The van der Waals surface area contributed by atoms with E-state index in [9.17, 15) is 14.4 Å². The molecule has 1 aromatic heterocycles. The summed E-state index contributed by atoms with van der Waals surface area (Å²) in [6, 6.07) is 4.67. The minimum Gasteiger partial charge on any atom is -0.312 e. The number of H-pyrrole nitrogens is 1. The summed E-state index contributed by atoms with van der Waals surface area (Å²) >= 11 is 0. The Morgan fingerprint density at radius 3 is 2.47 bits per heavy atom.